The number of unbranched alkanes of at least 4 members (excludes halogenated alkanes) is 1. The molecule has 1 aromatic heterocycles. The Labute approximate surface area is 115 Å². The molecular weight excluding hydrogens is 272 g/mol. The summed E-state index contributed by atoms with van der Waals surface area (Å²) < 4.78 is 0.688. The van der Waals surface area contributed by atoms with Gasteiger partial charge in [0.2, 0.25) is 5.13 Å². The second kappa shape index (κ2) is 8.28. The third-order valence-corrected chi connectivity index (χ3v) is 4.03. The normalized spacial score (nSPS) is 10.8. The van der Waals surface area contributed by atoms with Crippen LogP contribution in [0.1, 0.15) is 12.8 Å². The zero-order chi connectivity index (χ0) is 13.4. The molecule has 8 heteroatoms. The minimum atomic E-state index is -0.839. The largest absolute Gasteiger partial charge is 0.481 e. The number of carboxylic acid groups (broad SMARTS) is 1. The zero-order valence-electron chi connectivity index (χ0n) is 10.5. The molecule has 0 aliphatic heterocycles. The summed E-state index contributed by atoms with van der Waals surface area (Å²) >= 11 is 2.59. The van der Waals surface area contributed by atoms with Crippen LogP contribution in [0.5, 0.6) is 0 Å². The van der Waals surface area contributed by atoms with Crippen LogP contribution in [0.25, 0.3) is 0 Å². The first-order valence-electron chi connectivity index (χ1n) is 5.64. The van der Waals surface area contributed by atoms with E-state index in [0.717, 1.165) is 31.1 Å². The average Bonchev–Trinajstić information content (AvgIpc) is 2.73. The molecule has 0 atom stereocenters. The van der Waals surface area contributed by atoms with E-state index < -0.39 is 5.97 Å². The minimum Gasteiger partial charge on any atom is -0.481 e. The molecule has 102 valence electrons. The number of hydrogen-bond acceptors (Lipinski definition) is 7. The number of nitrogens with one attached hydrogen (secondary N) is 1. The molecule has 1 aromatic rings. The van der Waals surface area contributed by atoms with Gasteiger partial charge in [0.25, 0.3) is 0 Å². The maximum absolute atomic E-state index is 10.4. The number of thioether (sulfide) groups is 1. The summed E-state index contributed by atoms with van der Waals surface area (Å²) in [6.07, 6.45) is 2.22. The monoisotopic (exact) mass is 290 g/mol. The van der Waals surface area contributed by atoms with Crippen molar-refractivity contribution in [1.29, 1.82) is 0 Å². The van der Waals surface area contributed by atoms with E-state index in [1.54, 1.807) is 0 Å². The van der Waals surface area contributed by atoms with Gasteiger partial charge in [-0.05, 0) is 33.5 Å². The highest BCUT2D eigenvalue weighted by Gasteiger charge is 2.06. The van der Waals surface area contributed by atoms with Crippen molar-refractivity contribution in [2.45, 2.75) is 17.2 Å². The van der Waals surface area contributed by atoms with Crippen molar-refractivity contribution in [2.75, 3.05) is 38.3 Å². The molecule has 1 heterocycles. The predicted octanol–water partition coefficient (Wildman–Crippen LogP) is 1.47. The van der Waals surface area contributed by atoms with Gasteiger partial charge in [-0.2, -0.15) is 0 Å². The number of rotatable bonds is 9. The first-order chi connectivity index (χ1) is 8.58. The lowest BCUT2D eigenvalue weighted by Crippen LogP contribution is -2.14. The van der Waals surface area contributed by atoms with E-state index in [4.69, 9.17) is 5.11 Å². The summed E-state index contributed by atoms with van der Waals surface area (Å²) in [6.45, 7) is 1.95. The molecule has 1 rings (SSSR count). The molecule has 0 unspecified atom stereocenters. The van der Waals surface area contributed by atoms with E-state index in [1.807, 2.05) is 0 Å². The minimum absolute atomic E-state index is 0.0253. The fourth-order valence-corrected chi connectivity index (χ4v) is 2.71. The maximum atomic E-state index is 10.4. The molecular formula is C10H18N4O2S2. The molecule has 0 bridgehead atoms. The number of aliphatic carboxylic acids is 1. The number of aromatic nitrogens is 2. The van der Waals surface area contributed by atoms with Crippen LogP contribution < -0.4 is 5.32 Å². The van der Waals surface area contributed by atoms with Gasteiger partial charge in [0.05, 0.1) is 5.75 Å². The van der Waals surface area contributed by atoms with Crippen molar-refractivity contribution in [3.05, 3.63) is 0 Å². The quantitative estimate of drug-likeness (QED) is 0.526. The van der Waals surface area contributed by atoms with E-state index >= 15 is 0 Å². The van der Waals surface area contributed by atoms with E-state index in [2.05, 4.69) is 34.5 Å². The average molecular weight is 290 g/mol. The fourth-order valence-electron chi connectivity index (χ4n) is 1.21. The van der Waals surface area contributed by atoms with Crippen molar-refractivity contribution < 1.29 is 9.90 Å². The molecule has 0 radical (unpaired) electrons. The lowest BCUT2D eigenvalue weighted by Gasteiger charge is -2.08. The number of nitrogens with zero attached hydrogens (tertiary/aromatic N) is 3. The van der Waals surface area contributed by atoms with Crippen LogP contribution in [0.2, 0.25) is 0 Å². The van der Waals surface area contributed by atoms with E-state index in [1.165, 1.54) is 23.1 Å². The maximum Gasteiger partial charge on any atom is 0.313 e. The van der Waals surface area contributed by atoms with Crippen LogP contribution >= 0.6 is 23.1 Å². The summed E-state index contributed by atoms with van der Waals surface area (Å²) in [6, 6.07) is 0. The molecule has 0 fully saturated rings. The van der Waals surface area contributed by atoms with Gasteiger partial charge in [-0.25, -0.2) is 0 Å². The lowest BCUT2D eigenvalue weighted by molar-refractivity contribution is -0.133. The Kier molecular flexibility index (Phi) is 6.99. The van der Waals surface area contributed by atoms with Gasteiger partial charge in [0.1, 0.15) is 0 Å². The standard InChI is InChI=1S/C10H18N4O2S2/c1-14(2)6-4-3-5-11-9-12-13-10(18-9)17-7-8(15)16/h3-7H2,1-2H3,(H,11,12)(H,15,16). The van der Waals surface area contributed by atoms with E-state index in [-0.39, 0.29) is 5.75 Å². The van der Waals surface area contributed by atoms with E-state index in [0.29, 0.717) is 4.34 Å². The zero-order valence-corrected chi connectivity index (χ0v) is 12.2. The summed E-state index contributed by atoms with van der Waals surface area (Å²) in [4.78, 5) is 12.6. The Balaban J connectivity index is 2.17. The van der Waals surface area contributed by atoms with Crippen LogP contribution in [0.15, 0.2) is 4.34 Å². The highest BCUT2D eigenvalue weighted by Crippen LogP contribution is 2.25. The Morgan fingerprint density at radius 2 is 2.22 bits per heavy atom. The molecule has 0 amide bonds. The number of carbonyl (C=O) groups is 1. The molecule has 6 nitrogen and oxygen atoms in total. The van der Waals surface area contributed by atoms with Crippen LogP contribution in [-0.4, -0.2) is 59.1 Å². The second-order valence-electron chi connectivity index (χ2n) is 3.99. The summed E-state index contributed by atoms with van der Waals surface area (Å²) in [7, 11) is 4.12. The van der Waals surface area contributed by atoms with Gasteiger partial charge in [0, 0.05) is 6.54 Å². The van der Waals surface area contributed by atoms with Crippen LogP contribution in [0.3, 0.4) is 0 Å². The van der Waals surface area contributed by atoms with Crippen LogP contribution in [0, 0.1) is 0 Å². The van der Waals surface area contributed by atoms with Gasteiger partial charge < -0.3 is 15.3 Å². The molecule has 0 aromatic carbocycles. The fraction of sp³-hybridized carbons (Fsp3) is 0.700. The van der Waals surface area contributed by atoms with Crippen LogP contribution in [0.4, 0.5) is 5.13 Å². The Hall–Kier alpha value is -0.860. The highest BCUT2D eigenvalue weighted by atomic mass is 32.2. The molecule has 2 N–H and O–H groups in total. The summed E-state index contributed by atoms with van der Waals surface area (Å²) in [5.74, 6) is -0.814. The predicted molar refractivity (Wildman–Crippen MR) is 74.5 cm³/mol. The topological polar surface area (TPSA) is 78.3 Å². The highest BCUT2D eigenvalue weighted by molar-refractivity contribution is 8.01. The van der Waals surface area contributed by atoms with Crippen molar-refractivity contribution in [3.8, 4) is 0 Å². The third-order valence-electron chi connectivity index (χ3n) is 2.03. The summed E-state index contributed by atoms with van der Waals surface area (Å²) in [5, 5.41) is 20.4. The Morgan fingerprint density at radius 1 is 1.44 bits per heavy atom. The van der Waals surface area contributed by atoms with Gasteiger partial charge >= 0.3 is 5.97 Å². The molecule has 18 heavy (non-hydrogen) atoms. The van der Waals surface area contributed by atoms with Gasteiger partial charge in [-0.1, -0.05) is 23.1 Å². The van der Waals surface area contributed by atoms with Crippen LogP contribution in [-0.2, 0) is 4.79 Å². The molecule has 0 saturated heterocycles. The van der Waals surface area contributed by atoms with E-state index in [9.17, 15) is 4.79 Å². The van der Waals surface area contributed by atoms with Gasteiger partial charge in [0.15, 0.2) is 4.34 Å². The number of anilines is 1. The molecule has 0 aliphatic carbocycles. The molecule has 0 spiro atoms. The smallest absolute Gasteiger partial charge is 0.313 e. The van der Waals surface area contributed by atoms with Gasteiger partial charge in [-0.3, -0.25) is 4.79 Å². The third kappa shape index (κ3) is 6.77. The first kappa shape index (κ1) is 15.2. The number of hydrogen-bond donors (Lipinski definition) is 2. The Bertz CT molecular complexity index is 371. The summed E-state index contributed by atoms with van der Waals surface area (Å²) in [5.41, 5.74) is 0. The van der Waals surface area contributed by atoms with Crippen molar-refractivity contribution in [3.63, 3.8) is 0 Å². The lowest BCUT2D eigenvalue weighted by atomic mass is 10.3. The molecule has 0 saturated carbocycles. The van der Waals surface area contributed by atoms with Crippen molar-refractivity contribution in [2.24, 2.45) is 0 Å². The van der Waals surface area contributed by atoms with Gasteiger partial charge in [-0.15, -0.1) is 10.2 Å². The van der Waals surface area contributed by atoms with Crippen molar-refractivity contribution >= 4 is 34.2 Å². The van der Waals surface area contributed by atoms with Crippen molar-refractivity contribution in [1.82, 2.24) is 15.1 Å². The SMILES string of the molecule is CN(C)CCCCNc1nnc(SCC(=O)O)s1. The number of carboxylic acids is 1. The Morgan fingerprint density at radius 3 is 2.89 bits per heavy atom. The molecule has 0 aliphatic rings. The first-order valence-corrected chi connectivity index (χ1v) is 7.45. The second-order valence-corrected chi connectivity index (χ2v) is 6.19.